The van der Waals surface area contributed by atoms with Crippen molar-refractivity contribution < 1.29 is 18.6 Å². The van der Waals surface area contributed by atoms with Gasteiger partial charge in [0.25, 0.3) is 6.01 Å². The van der Waals surface area contributed by atoms with Gasteiger partial charge in [0.05, 0.1) is 12.6 Å². The fourth-order valence-corrected chi connectivity index (χ4v) is 1.59. The predicted octanol–water partition coefficient (Wildman–Crippen LogP) is 1.54. The van der Waals surface area contributed by atoms with E-state index in [-0.39, 0.29) is 12.3 Å². The van der Waals surface area contributed by atoms with Crippen molar-refractivity contribution in [3.05, 3.63) is 12.0 Å². The second-order valence-electron chi connectivity index (χ2n) is 4.14. The lowest BCUT2D eigenvalue weighted by Gasteiger charge is -2.31. The molecule has 96 valence electrons. The van der Waals surface area contributed by atoms with Crippen LogP contribution in [0.2, 0.25) is 0 Å². The van der Waals surface area contributed by atoms with Crippen molar-refractivity contribution in [2.24, 2.45) is 0 Å². The molecule has 2 rings (SSSR count). The minimum Gasteiger partial charge on any atom is -0.432 e. The highest BCUT2D eigenvalue weighted by Gasteiger charge is 2.31. The third kappa shape index (κ3) is 2.59. The maximum Gasteiger partial charge on any atom is 0.297 e. The quantitative estimate of drug-likeness (QED) is 0.780. The zero-order valence-corrected chi connectivity index (χ0v) is 10.5. The molecule has 1 aromatic rings. The van der Waals surface area contributed by atoms with Crippen LogP contribution in [0.5, 0.6) is 0 Å². The summed E-state index contributed by atoms with van der Waals surface area (Å²) >= 11 is 0. The van der Waals surface area contributed by atoms with Crippen LogP contribution < -0.4 is 4.90 Å². The Hall–Kier alpha value is -1.11. The Bertz CT molecular complexity index is 362. The topological polar surface area (TPSA) is 57.0 Å². The molecule has 0 N–H and O–H groups in total. The van der Waals surface area contributed by atoms with Gasteiger partial charge in [0.2, 0.25) is 6.29 Å². The number of methoxy groups -OCH3 is 1. The van der Waals surface area contributed by atoms with Crippen molar-refractivity contribution >= 4 is 6.01 Å². The maximum absolute atomic E-state index is 5.39. The van der Waals surface area contributed by atoms with E-state index < -0.39 is 6.29 Å². The Labute approximate surface area is 100 Å². The van der Waals surface area contributed by atoms with Gasteiger partial charge in [-0.3, -0.25) is 0 Å². The number of hydrogen-bond donors (Lipinski definition) is 0. The number of nitrogens with zero attached hydrogens (tertiary/aromatic N) is 2. The standard InChI is InChI=1S/C11H18N2O4/c1-7(5-14-4)13(3)11-12-9(6-15-11)10-16-8(2)17-10/h6-8,10H,5H2,1-4H3/t7-,8?,10?/m1/s1. The van der Waals surface area contributed by atoms with Crippen molar-refractivity contribution in [1.82, 2.24) is 4.98 Å². The van der Waals surface area contributed by atoms with Crippen molar-refractivity contribution in [2.75, 3.05) is 25.7 Å². The number of hydrogen-bond acceptors (Lipinski definition) is 6. The lowest BCUT2D eigenvalue weighted by molar-refractivity contribution is -0.383. The third-order valence-corrected chi connectivity index (χ3v) is 2.75. The Morgan fingerprint density at radius 2 is 2.24 bits per heavy atom. The molecular formula is C11H18N2O4. The molecule has 0 saturated carbocycles. The number of likely N-dealkylation sites (N-methyl/N-ethyl adjacent to an activating group) is 1. The third-order valence-electron chi connectivity index (χ3n) is 2.75. The van der Waals surface area contributed by atoms with Gasteiger partial charge in [0.15, 0.2) is 6.29 Å². The molecule has 1 aliphatic rings. The largest absolute Gasteiger partial charge is 0.432 e. The predicted molar refractivity (Wildman–Crippen MR) is 60.6 cm³/mol. The van der Waals surface area contributed by atoms with E-state index in [4.69, 9.17) is 18.6 Å². The van der Waals surface area contributed by atoms with E-state index in [1.54, 1.807) is 13.4 Å². The Balaban J connectivity index is 1.97. The summed E-state index contributed by atoms with van der Waals surface area (Å²) in [5, 5.41) is 0. The minimum atomic E-state index is -0.395. The first-order valence-electron chi connectivity index (χ1n) is 5.60. The molecule has 0 aromatic carbocycles. The summed E-state index contributed by atoms with van der Waals surface area (Å²) < 4.78 is 21.1. The highest BCUT2D eigenvalue weighted by molar-refractivity contribution is 5.27. The number of ether oxygens (including phenoxy) is 3. The van der Waals surface area contributed by atoms with Gasteiger partial charge in [-0.15, -0.1) is 0 Å². The lowest BCUT2D eigenvalue weighted by Crippen LogP contribution is -2.33. The van der Waals surface area contributed by atoms with Gasteiger partial charge in [-0.25, -0.2) is 0 Å². The monoisotopic (exact) mass is 242 g/mol. The SMILES string of the molecule is COC[C@@H](C)N(C)c1nc(C2OC(C)O2)co1. The van der Waals surface area contributed by atoms with Crippen molar-refractivity contribution in [3.8, 4) is 0 Å². The Morgan fingerprint density at radius 3 is 2.82 bits per heavy atom. The van der Waals surface area contributed by atoms with Crippen LogP contribution in [0.1, 0.15) is 25.8 Å². The van der Waals surface area contributed by atoms with E-state index in [0.717, 1.165) is 0 Å². The Morgan fingerprint density at radius 1 is 1.53 bits per heavy atom. The fourth-order valence-electron chi connectivity index (χ4n) is 1.59. The van der Waals surface area contributed by atoms with Crippen LogP contribution in [0.25, 0.3) is 0 Å². The van der Waals surface area contributed by atoms with Gasteiger partial charge in [0.1, 0.15) is 12.0 Å². The molecule has 0 spiro atoms. The molecule has 6 nitrogen and oxygen atoms in total. The lowest BCUT2D eigenvalue weighted by atomic mass is 10.3. The summed E-state index contributed by atoms with van der Waals surface area (Å²) in [5.74, 6) is 0. The highest BCUT2D eigenvalue weighted by atomic mass is 16.9. The molecule has 1 fully saturated rings. The van der Waals surface area contributed by atoms with Crippen LogP contribution in [0.4, 0.5) is 6.01 Å². The molecule has 17 heavy (non-hydrogen) atoms. The first-order chi connectivity index (χ1) is 8.11. The van der Waals surface area contributed by atoms with E-state index in [2.05, 4.69) is 4.98 Å². The molecule has 2 heterocycles. The van der Waals surface area contributed by atoms with Gasteiger partial charge in [-0.05, 0) is 13.8 Å². The van der Waals surface area contributed by atoms with E-state index in [9.17, 15) is 0 Å². The zero-order valence-electron chi connectivity index (χ0n) is 10.5. The van der Waals surface area contributed by atoms with E-state index >= 15 is 0 Å². The number of oxazole rings is 1. The first kappa shape index (κ1) is 12.3. The van der Waals surface area contributed by atoms with Gasteiger partial charge >= 0.3 is 0 Å². The molecule has 0 radical (unpaired) electrons. The van der Waals surface area contributed by atoms with E-state index in [1.165, 1.54) is 0 Å². The second kappa shape index (κ2) is 5.03. The van der Waals surface area contributed by atoms with Crippen molar-refractivity contribution in [3.63, 3.8) is 0 Å². The zero-order chi connectivity index (χ0) is 12.4. The van der Waals surface area contributed by atoms with Gasteiger partial charge in [0, 0.05) is 14.2 Å². The highest BCUT2D eigenvalue weighted by Crippen LogP contribution is 2.31. The summed E-state index contributed by atoms with van der Waals surface area (Å²) in [5.41, 5.74) is 0.662. The van der Waals surface area contributed by atoms with Crippen LogP contribution in [-0.4, -0.2) is 38.1 Å². The van der Waals surface area contributed by atoms with Crippen molar-refractivity contribution in [2.45, 2.75) is 32.5 Å². The van der Waals surface area contributed by atoms with Crippen LogP contribution in [-0.2, 0) is 14.2 Å². The molecule has 1 aliphatic heterocycles. The van der Waals surface area contributed by atoms with Gasteiger partial charge in [-0.1, -0.05) is 0 Å². The van der Waals surface area contributed by atoms with Crippen LogP contribution in [0.15, 0.2) is 10.7 Å². The van der Waals surface area contributed by atoms with Crippen molar-refractivity contribution in [1.29, 1.82) is 0 Å². The molecule has 1 saturated heterocycles. The van der Waals surface area contributed by atoms with E-state index in [1.807, 2.05) is 25.8 Å². The number of rotatable bonds is 5. The van der Waals surface area contributed by atoms with E-state index in [0.29, 0.717) is 18.3 Å². The first-order valence-corrected chi connectivity index (χ1v) is 5.60. The average Bonchev–Trinajstić information content (AvgIpc) is 2.73. The van der Waals surface area contributed by atoms with Gasteiger partial charge < -0.3 is 23.5 Å². The Kier molecular flexibility index (Phi) is 3.66. The molecule has 0 aliphatic carbocycles. The molecular weight excluding hydrogens is 224 g/mol. The maximum atomic E-state index is 5.39. The van der Waals surface area contributed by atoms with Gasteiger partial charge in [-0.2, -0.15) is 4.98 Å². The number of anilines is 1. The summed E-state index contributed by atoms with van der Waals surface area (Å²) in [6, 6.07) is 0.727. The smallest absolute Gasteiger partial charge is 0.297 e. The molecule has 1 atom stereocenters. The molecule has 0 amide bonds. The molecule has 6 heteroatoms. The summed E-state index contributed by atoms with van der Waals surface area (Å²) in [4.78, 5) is 6.24. The molecule has 1 aromatic heterocycles. The normalized spacial score (nSPS) is 25.4. The molecule has 0 bridgehead atoms. The summed E-state index contributed by atoms with van der Waals surface area (Å²) in [7, 11) is 3.58. The fraction of sp³-hybridized carbons (Fsp3) is 0.727. The van der Waals surface area contributed by atoms with Crippen LogP contribution in [0, 0.1) is 0 Å². The minimum absolute atomic E-state index is 0.162. The second-order valence-corrected chi connectivity index (χ2v) is 4.14. The average molecular weight is 242 g/mol. The summed E-state index contributed by atoms with van der Waals surface area (Å²) in [6.07, 6.45) is 1.00. The molecule has 0 unspecified atom stereocenters. The summed E-state index contributed by atoms with van der Waals surface area (Å²) in [6.45, 7) is 4.48. The van der Waals surface area contributed by atoms with Crippen LogP contribution in [0.3, 0.4) is 0 Å². The van der Waals surface area contributed by atoms with Crippen LogP contribution >= 0.6 is 0 Å². The number of aromatic nitrogens is 1.